The molecular weight excluding hydrogens is 209 g/mol. The Hall–Kier alpha value is -1.00. The minimum Gasteiger partial charge on any atom is -0.382 e. The third-order valence-electron chi connectivity index (χ3n) is 3.30. The fourth-order valence-electron chi connectivity index (χ4n) is 2.42. The summed E-state index contributed by atoms with van der Waals surface area (Å²) in [7, 11) is 1.58. The van der Waals surface area contributed by atoms with Gasteiger partial charge in [-0.1, -0.05) is 12.8 Å². The van der Waals surface area contributed by atoms with Gasteiger partial charge in [-0.25, -0.2) is 4.39 Å². The largest absolute Gasteiger partial charge is 0.382 e. The van der Waals surface area contributed by atoms with Gasteiger partial charge in [0.2, 0.25) is 0 Å². The van der Waals surface area contributed by atoms with Crippen molar-refractivity contribution in [2.75, 3.05) is 7.11 Å². The van der Waals surface area contributed by atoms with Gasteiger partial charge in [-0.15, -0.1) is 0 Å². The number of rotatable bonds is 2. The van der Waals surface area contributed by atoms with Crippen LogP contribution in [0.3, 0.4) is 0 Å². The topological polar surface area (TPSA) is 42.4 Å². The van der Waals surface area contributed by atoms with Crippen LogP contribution in [0.2, 0.25) is 0 Å². The molecule has 16 heavy (non-hydrogen) atoms. The van der Waals surface area contributed by atoms with Gasteiger partial charge in [0.15, 0.2) is 0 Å². The number of methoxy groups -OCH3 is 1. The molecule has 0 radical (unpaired) electrons. The molecule has 88 valence electrons. The summed E-state index contributed by atoms with van der Waals surface area (Å²) in [6.07, 6.45) is 5.72. The molecule has 0 bridgehead atoms. The second-order valence-electron chi connectivity index (χ2n) is 4.29. The molecule has 0 aromatic carbocycles. The van der Waals surface area contributed by atoms with E-state index in [-0.39, 0.29) is 6.10 Å². The van der Waals surface area contributed by atoms with Crippen LogP contribution in [0, 0.1) is 5.82 Å². The van der Waals surface area contributed by atoms with E-state index in [2.05, 4.69) is 4.98 Å². The third kappa shape index (κ3) is 1.95. The predicted octanol–water partition coefficient (Wildman–Crippen LogP) is 2.00. The predicted molar refractivity (Wildman–Crippen MR) is 57.4 cm³/mol. The zero-order valence-electron chi connectivity index (χ0n) is 9.32. The van der Waals surface area contributed by atoms with E-state index >= 15 is 0 Å². The second-order valence-corrected chi connectivity index (χ2v) is 4.29. The van der Waals surface area contributed by atoms with Crippen LogP contribution in [0.15, 0.2) is 18.5 Å². The highest BCUT2D eigenvalue weighted by Gasteiger charge is 2.41. The maximum atomic E-state index is 13.1. The van der Waals surface area contributed by atoms with Crippen molar-refractivity contribution in [1.82, 2.24) is 4.98 Å². The van der Waals surface area contributed by atoms with Crippen LogP contribution in [-0.4, -0.2) is 23.3 Å². The van der Waals surface area contributed by atoms with Crippen LogP contribution in [0.1, 0.15) is 31.2 Å². The average molecular weight is 225 g/mol. The van der Waals surface area contributed by atoms with Crippen LogP contribution in [-0.2, 0) is 10.3 Å². The minimum atomic E-state index is -1.10. The zero-order valence-corrected chi connectivity index (χ0v) is 9.32. The number of halogens is 1. The molecule has 1 aliphatic carbocycles. The van der Waals surface area contributed by atoms with Gasteiger partial charge in [0.05, 0.1) is 12.3 Å². The molecule has 1 aromatic rings. The van der Waals surface area contributed by atoms with Crippen LogP contribution < -0.4 is 0 Å². The minimum absolute atomic E-state index is 0.273. The average Bonchev–Trinajstić information content (AvgIpc) is 2.30. The van der Waals surface area contributed by atoms with Gasteiger partial charge in [-0.05, 0) is 18.9 Å². The lowest BCUT2D eigenvalue weighted by molar-refractivity contribution is -0.122. The molecule has 0 aliphatic heterocycles. The summed E-state index contributed by atoms with van der Waals surface area (Å²) in [5.74, 6) is -0.425. The summed E-state index contributed by atoms with van der Waals surface area (Å²) < 4.78 is 18.4. The summed E-state index contributed by atoms with van der Waals surface area (Å²) in [6.45, 7) is 0. The van der Waals surface area contributed by atoms with Crippen molar-refractivity contribution in [2.24, 2.45) is 0 Å². The maximum absolute atomic E-state index is 13.1. The first kappa shape index (κ1) is 11.5. The lowest BCUT2D eigenvalue weighted by Gasteiger charge is -2.39. The Balaban J connectivity index is 2.34. The normalized spacial score (nSPS) is 30.3. The molecule has 0 spiro atoms. The smallest absolute Gasteiger partial charge is 0.141 e. The van der Waals surface area contributed by atoms with Crippen LogP contribution >= 0.6 is 0 Å². The molecule has 1 heterocycles. The molecule has 1 saturated carbocycles. The molecule has 2 unspecified atom stereocenters. The molecule has 1 aromatic heterocycles. The van der Waals surface area contributed by atoms with Gasteiger partial charge in [0.1, 0.15) is 11.4 Å². The molecule has 1 fully saturated rings. The van der Waals surface area contributed by atoms with E-state index in [0.717, 1.165) is 25.5 Å². The Morgan fingerprint density at radius 3 is 3.00 bits per heavy atom. The lowest BCUT2D eigenvalue weighted by Crippen LogP contribution is -2.43. The van der Waals surface area contributed by atoms with E-state index in [1.807, 2.05) is 0 Å². The summed E-state index contributed by atoms with van der Waals surface area (Å²) in [5, 5.41) is 10.6. The van der Waals surface area contributed by atoms with E-state index in [9.17, 15) is 9.50 Å². The Bertz CT molecular complexity index is 372. The SMILES string of the molecule is COC1CCCCC1(O)c1cncc(F)c1. The van der Waals surface area contributed by atoms with E-state index in [1.54, 1.807) is 7.11 Å². The number of aromatic nitrogens is 1. The van der Waals surface area contributed by atoms with Crippen molar-refractivity contribution in [3.05, 3.63) is 29.8 Å². The van der Waals surface area contributed by atoms with Gasteiger partial charge in [0.25, 0.3) is 0 Å². The molecule has 2 atom stereocenters. The third-order valence-corrected chi connectivity index (χ3v) is 3.30. The van der Waals surface area contributed by atoms with Crippen molar-refractivity contribution < 1.29 is 14.2 Å². The summed E-state index contributed by atoms with van der Waals surface area (Å²) in [6, 6.07) is 1.34. The van der Waals surface area contributed by atoms with Gasteiger partial charge >= 0.3 is 0 Å². The summed E-state index contributed by atoms with van der Waals surface area (Å²) in [4.78, 5) is 3.78. The first-order valence-electron chi connectivity index (χ1n) is 5.53. The van der Waals surface area contributed by atoms with Gasteiger partial charge < -0.3 is 9.84 Å². The van der Waals surface area contributed by atoms with Crippen LogP contribution in [0.25, 0.3) is 0 Å². The Morgan fingerprint density at radius 1 is 1.50 bits per heavy atom. The number of hydrogen-bond donors (Lipinski definition) is 1. The highest BCUT2D eigenvalue weighted by molar-refractivity contribution is 5.21. The highest BCUT2D eigenvalue weighted by Crippen LogP contribution is 2.38. The van der Waals surface area contributed by atoms with Crippen molar-refractivity contribution in [3.8, 4) is 0 Å². The van der Waals surface area contributed by atoms with Crippen LogP contribution in [0.5, 0.6) is 0 Å². The van der Waals surface area contributed by atoms with Crippen LogP contribution in [0.4, 0.5) is 4.39 Å². The van der Waals surface area contributed by atoms with Crippen molar-refractivity contribution >= 4 is 0 Å². The van der Waals surface area contributed by atoms with Crippen molar-refractivity contribution in [2.45, 2.75) is 37.4 Å². The first-order chi connectivity index (χ1) is 7.66. The molecule has 3 nitrogen and oxygen atoms in total. The molecule has 2 rings (SSSR count). The number of aliphatic hydroxyl groups is 1. The van der Waals surface area contributed by atoms with Crippen molar-refractivity contribution in [3.63, 3.8) is 0 Å². The van der Waals surface area contributed by atoms with E-state index in [1.165, 1.54) is 12.3 Å². The molecule has 4 heteroatoms. The number of pyridine rings is 1. The fraction of sp³-hybridized carbons (Fsp3) is 0.583. The lowest BCUT2D eigenvalue weighted by atomic mass is 9.78. The summed E-state index contributed by atoms with van der Waals surface area (Å²) in [5.41, 5.74) is -0.582. The van der Waals surface area contributed by atoms with E-state index in [0.29, 0.717) is 12.0 Å². The van der Waals surface area contributed by atoms with Gasteiger partial charge in [-0.2, -0.15) is 0 Å². The maximum Gasteiger partial charge on any atom is 0.141 e. The Kier molecular flexibility index (Phi) is 3.21. The van der Waals surface area contributed by atoms with Gasteiger partial charge in [-0.3, -0.25) is 4.98 Å². The molecule has 0 saturated heterocycles. The molecule has 1 aliphatic rings. The Labute approximate surface area is 94.3 Å². The number of nitrogens with zero attached hydrogens (tertiary/aromatic N) is 1. The first-order valence-corrected chi connectivity index (χ1v) is 5.53. The van der Waals surface area contributed by atoms with E-state index in [4.69, 9.17) is 4.74 Å². The fourth-order valence-corrected chi connectivity index (χ4v) is 2.42. The molecule has 1 N–H and O–H groups in total. The Morgan fingerprint density at radius 2 is 2.31 bits per heavy atom. The number of hydrogen-bond acceptors (Lipinski definition) is 3. The highest BCUT2D eigenvalue weighted by atomic mass is 19.1. The van der Waals surface area contributed by atoms with Gasteiger partial charge in [0, 0.05) is 18.9 Å². The quantitative estimate of drug-likeness (QED) is 0.837. The number of ether oxygens (including phenoxy) is 1. The standard InChI is InChI=1S/C12H16FNO2/c1-16-11-4-2-3-5-12(11,15)9-6-10(13)8-14-7-9/h6-8,11,15H,2-5H2,1H3. The van der Waals surface area contributed by atoms with E-state index < -0.39 is 11.4 Å². The second kappa shape index (κ2) is 4.47. The van der Waals surface area contributed by atoms with Crippen molar-refractivity contribution in [1.29, 1.82) is 0 Å². The zero-order chi connectivity index (χ0) is 11.6. The molecular formula is C12H16FNO2. The molecule has 0 amide bonds. The summed E-state index contributed by atoms with van der Waals surface area (Å²) >= 11 is 0. The monoisotopic (exact) mass is 225 g/mol.